The van der Waals surface area contributed by atoms with Gasteiger partial charge in [0.25, 0.3) is 10.1 Å². The van der Waals surface area contributed by atoms with Crippen molar-refractivity contribution in [3.63, 3.8) is 0 Å². The van der Waals surface area contributed by atoms with Crippen LogP contribution in [-0.4, -0.2) is 13.0 Å². The van der Waals surface area contributed by atoms with Gasteiger partial charge < -0.3 is 0 Å². The Hall–Kier alpha value is -1.39. The molecule has 0 aliphatic rings. The smallest absolute Gasteiger partial charge is 0.282 e. The third-order valence-electron chi connectivity index (χ3n) is 3.00. The predicted molar refractivity (Wildman–Crippen MR) is 72.4 cm³/mol. The number of rotatable bonds is 4. The van der Waals surface area contributed by atoms with E-state index in [2.05, 4.69) is 6.92 Å². The summed E-state index contributed by atoms with van der Waals surface area (Å²) in [5, 5.41) is 1.42. The largest absolute Gasteiger partial charge is 0.295 e. The molecule has 18 heavy (non-hydrogen) atoms. The van der Waals surface area contributed by atoms with E-state index in [1.54, 1.807) is 6.07 Å². The lowest BCUT2D eigenvalue weighted by Gasteiger charge is -2.06. The minimum atomic E-state index is -4.17. The van der Waals surface area contributed by atoms with Crippen molar-refractivity contribution in [2.45, 2.75) is 31.1 Å². The van der Waals surface area contributed by atoms with E-state index in [0.29, 0.717) is 5.39 Å². The fraction of sp³-hybridized carbons (Fsp3) is 0.286. The van der Waals surface area contributed by atoms with Gasteiger partial charge in [0.2, 0.25) is 0 Å². The van der Waals surface area contributed by atoms with Gasteiger partial charge in [0.1, 0.15) is 4.90 Å². The highest BCUT2D eigenvalue weighted by molar-refractivity contribution is 7.86. The van der Waals surface area contributed by atoms with Crippen LogP contribution in [0.25, 0.3) is 10.8 Å². The van der Waals surface area contributed by atoms with Gasteiger partial charge in [0.05, 0.1) is 0 Å². The second-order valence-electron chi connectivity index (χ2n) is 4.39. The average molecular weight is 264 g/mol. The second-order valence-corrected chi connectivity index (χ2v) is 5.78. The van der Waals surface area contributed by atoms with Crippen molar-refractivity contribution in [2.24, 2.45) is 0 Å². The van der Waals surface area contributed by atoms with Crippen LogP contribution in [0.2, 0.25) is 0 Å². The Bertz CT molecular complexity index is 660. The van der Waals surface area contributed by atoms with Crippen molar-refractivity contribution >= 4 is 20.9 Å². The lowest BCUT2D eigenvalue weighted by atomic mass is 10.0. The highest BCUT2D eigenvalue weighted by Crippen LogP contribution is 2.24. The number of benzene rings is 2. The first-order valence-electron chi connectivity index (χ1n) is 6.01. The van der Waals surface area contributed by atoms with Crippen LogP contribution in [-0.2, 0) is 16.5 Å². The third kappa shape index (κ3) is 2.71. The van der Waals surface area contributed by atoms with Crippen LogP contribution in [0.15, 0.2) is 41.3 Å². The molecule has 96 valence electrons. The fourth-order valence-electron chi connectivity index (χ4n) is 2.05. The molecule has 0 heterocycles. The number of unbranched alkanes of at least 4 members (excludes halogenated alkanes) is 1. The first-order chi connectivity index (χ1) is 8.52. The molecule has 0 aromatic heterocycles. The second kappa shape index (κ2) is 5.08. The maximum absolute atomic E-state index is 11.3. The summed E-state index contributed by atoms with van der Waals surface area (Å²) in [4.78, 5) is -0.0154. The zero-order valence-electron chi connectivity index (χ0n) is 10.3. The lowest BCUT2D eigenvalue weighted by molar-refractivity contribution is 0.484. The highest BCUT2D eigenvalue weighted by Gasteiger charge is 2.13. The van der Waals surface area contributed by atoms with E-state index in [4.69, 9.17) is 0 Å². The molecular formula is C14H16O3S. The standard InChI is InChI=1S/C14H16O3S/c1-2-3-5-11-8-9-12-6-4-7-14(13(12)10-11)18(15,16)17/h4,6-10H,2-3,5H2,1H3,(H,15,16,17). The molecule has 0 amide bonds. The summed E-state index contributed by atoms with van der Waals surface area (Å²) in [7, 11) is -4.17. The minimum absolute atomic E-state index is 0.0154. The van der Waals surface area contributed by atoms with Gasteiger partial charge >= 0.3 is 0 Å². The van der Waals surface area contributed by atoms with E-state index < -0.39 is 10.1 Å². The van der Waals surface area contributed by atoms with E-state index in [-0.39, 0.29) is 4.90 Å². The molecule has 0 aliphatic heterocycles. The molecule has 3 nitrogen and oxygen atoms in total. The van der Waals surface area contributed by atoms with Crippen molar-refractivity contribution in [1.82, 2.24) is 0 Å². The Morgan fingerprint density at radius 2 is 1.94 bits per heavy atom. The van der Waals surface area contributed by atoms with Crippen molar-refractivity contribution in [3.8, 4) is 0 Å². The Kier molecular flexibility index (Phi) is 3.68. The average Bonchev–Trinajstić information content (AvgIpc) is 2.34. The molecule has 1 N–H and O–H groups in total. The van der Waals surface area contributed by atoms with Crippen molar-refractivity contribution < 1.29 is 13.0 Å². The highest BCUT2D eigenvalue weighted by atomic mass is 32.2. The van der Waals surface area contributed by atoms with E-state index in [1.807, 2.05) is 24.3 Å². The van der Waals surface area contributed by atoms with Gasteiger partial charge in [-0.25, -0.2) is 0 Å². The summed E-state index contributed by atoms with van der Waals surface area (Å²) in [6.07, 6.45) is 3.09. The van der Waals surface area contributed by atoms with Crippen LogP contribution in [0.1, 0.15) is 25.3 Å². The van der Waals surface area contributed by atoms with Crippen molar-refractivity contribution in [1.29, 1.82) is 0 Å². The SMILES string of the molecule is CCCCc1ccc2cccc(S(=O)(=O)O)c2c1. The third-order valence-corrected chi connectivity index (χ3v) is 3.92. The van der Waals surface area contributed by atoms with Gasteiger partial charge in [-0.1, -0.05) is 37.6 Å². The molecule has 2 rings (SSSR count). The number of aryl methyl sites for hydroxylation is 1. The topological polar surface area (TPSA) is 54.4 Å². The predicted octanol–water partition coefficient (Wildman–Crippen LogP) is 3.43. The van der Waals surface area contributed by atoms with Gasteiger partial charge in [-0.3, -0.25) is 4.55 Å². The fourth-order valence-corrected chi connectivity index (χ4v) is 2.76. The maximum atomic E-state index is 11.3. The molecule has 0 atom stereocenters. The van der Waals surface area contributed by atoms with Crippen LogP contribution < -0.4 is 0 Å². The van der Waals surface area contributed by atoms with Gasteiger partial charge in [-0.2, -0.15) is 8.42 Å². The molecule has 4 heteroatoms. The molecular weight excluding hydrogens is 248 g/mol. The molecule has 0 aliphatic carbocycles. The Morgan fingerprint density at radius 3 is 2.61 bits per heavy atom. The quantitative estimate of drug-likeness (QED) is 0.861. The molecule has 0 unspecified atom stereocenters. The molecule has 0 bridgehead atoms. The summed E-state index contributed by atoms with van der Waals surface area (Å²) >= 11 is 0. The van der Waals surface area contributed by atoms with Crippen LogP contribution in [0.3, 0.4) is 0 Å². The normalized spacial score (nSPS) is 11.9. The molecule has 2 aromatic rings. The Labute approximate surface area is 107 Å². The lowest BCUT2D eigenvalue weighted by Crippen LogP contribution is -1.99. The van der Waals surface area contributed by atoms with Crippen LogP contribution in [0.5, 0.6) is 0 Å². The number of hydrogen-bond donors (Lipinski definition) is 1. The molecule has 0 saturated carbocycles. The van der Waals surface area contributed by atoms with E-state index in [1.165, 1.54) is 6.07 Å². The summed E-state index contributed by atoms with van der Waals surface area (Å²) in [6.45, 7) is 2.12. The first kappa shape index (κ1) is 13.1. The Balaban J connectivity index is 2.59. The van der Waals surface area contributed by atoms with Crippen molar-refractivity contribution in [3.05, 3.63) is 42.0 Å². The molecule has 0 fully saturated rings. The Morgan fingerprint density at radius 1 is 1.17 bits per heavy atom. The van der Waals surface area contributed by atoms with E-state index in [9.17, 15) is 13.0 Å². The molecule has 2 aromatic carbocycles. The number of hydrogen-bond acceptors (Lipinski definition) is 2. The summed E-state index contributed by atoms with van der Waals surface area (Å²) in [5.41, 5.74) is 1.10. The molecule has 0 saturated heterocycles. The van der Waals surface area contributed by atoms with Gasteiger partial charge in [0, 0.05) is 5.39 Å². The van der Waals surface area contributed by atoms with Crippen LogP contribution in [0.4, 0.5) is 0 Å². The minimum Gasteiger partial charge on any atom is -0.282 e. The zero-order chi connectivity index (χ0) is 13.2. The first-order valence-corrected chi connectivity index (χ1v) is 7.45. The monoisotopic (exact) mass is 264 g/mol. The summed E-state index contributed by atoms with van der Waals surface area (Å²) in [5.74, 6) is 0. The number of fused-ring (bicyclic) bond motifs is 1. The zero-order valence-corrected chi connectivity index (χ0v) is 11.1. The summed E-state index contributed by atoms with van der Waals surface area (Å²) in [6, 6.07) is 10.7. The maximum Gasteiger partial charge on any atom is 0.295 e. The van der Waals surface area contributed by atoms with Gasteiger partial charge in [-0.15, -0.1) is 0 Å². The van der Waals surface area contributed by atoms with E-state index >= 15 is 0 Å². The van der Waals surface area contributed by atoms with Crippen LogP contribution in [0, 0.1) is 0 Å². The summed E-state index contributed by atoms with van der Waals surface area (Å²) < 4.78 is 31.9. The van der Waals surface area contributed by atoms with E-state index in [0.717, 1.165) is 30.2 Å². The molecule has 0 radical (unpaired) electrons. The molecule has 0 spiro atoms. The van der Waals surface area contributed by atoms with Crippen molar-refractivity contribution in [2.75, 3.05) is 0 Å². The van der Waals surface area contributed by atoms with Gasteiger partial charge in [-0.05, 0) is 35.9 Å². The van der Waals surface area contributed by atoms with Crippen LogP contribution >= 0.6 is 0 Å². The van der Waals surface area contributed by atoms with Gasteiger partial charge in [0.15, 0.2) is 0 Å².